The standard InChI is InChI=1S/C13H19ClN4OS/c14-11-15-12(18-5-7-19-8-6-18)17-13(16-11)20-9-10-3-1-2-4-10/h10H,1-9H2. The molecule has 20 heavy (non-hydrogen) atoms. The fraction of sp³-hybridized carbons (Fsp3) is 0.769. The predicted octanol–water partition coefficient (Wildman–Crippen LogP) is 2.64. The van der Waals surface area contributed by atoms with E-state index in [1.165, 1.54) is 25.7 Å². The first kappa shape index (κ1) is 14.4. The van der Waals surface area contributed by atoms with Crippen LogP contribution in [0.1, 0.15) is 25.7 Å². The smallest absolute Gasteiger partial charge is 0.230 e. The minimum absolute atomic E-state index is 0.287. The highest BCUT2D eigenvalue weighted by Crippen LogP contribution is 2.30. The Kier molecular flexibility index (Phi) is 4.96. The molecule has 1 aliphatic heterocycles. The van der Waals surface area contributed by atoms with Gasteiger partial charge in [-0.1, -0.05) is 24.6 Å². The van der Waals surface area contributed by atoms with Gasteiger partial charge in [0.2, 0.25) is 11.2 Å². The molecule has 0 aromatic carbocycles. The van der Waals surface area contributed by atoms with E-state index >= 15 is 0 Å². The van der Waals surface area contributed by atoms with Crippen LogP contribution in [-0.2, 0) is 4.74 Å². The first-order valence-electron chi connectivity index (χ1n) is 7.18. The van der Waals surface area contributed by atoms with Crippen LogP contribution >= 0.6 is 23.4 Å². The lowest BCUT2D eigenvalue weighted by Gasteiger charge is -2.26. The Balaban J connectivity index is 1.65. The van der Waals surface area contributed by atoms with Crippen molar-refractivity contribution in [1.82, 2.24) is 15.0 Å². The molecule has 0 atom stereocenters. The zero-order valence-corrected chi connectivity index (χ0v) is 13.0. The van der Waals surface area contributed by atoms with Crippen molar-refractivity contribution in [3.05, 3.63) is 5.28 Å². The van der Waals surface area contributed by atoms with E-state index in [1.807, 2.05) is 0 Å². The van der Waals surface area contributed by atoms with Crippen molar-refractivity contribution >= 4 is 29.3 Å². The largest absolute Gasteiger partial charge is 0.378 e. The van der Waals surface area contributed by atoms with Crippen LogP contribution in [0, 0.1) is 5.92 Å². The van der Waals surface area contributed by atoms with Crippen LogP contribution in [0.15, 0.2) is 5.16 Å². The Bertz CT molecular complexity index is 450. The van der Waals surface area contributed by atoms with Crippen molar-refractivity contribution in [2.24, 2.45) is 5.92 Å². The van der Waals surface area contributed by atoms with E-state index in [-0.39, 0.29) is 5.28 Å². The molecule has 0 spiro atoms. The molecule has 110 valence electrons. The van der Waals surface area contributed by atoms with Gasteiger partial charge in [-0.25, -0.2) is 0 Å². The highest BCUT2D eigenvalue weighted by Gasteiger charge is 2.18. The summed E-state index contributed by atoms with van der Waals surface area (Å²) in [5, 5.41) is 1.04. The monoisotopic (exact) mass is 314 g/mol. The maximum atomic E-state index is 6.03. The third kappa shape index (κ3) is 3.74. The molecule has 3 rings (SSSR count). The first-order chi connectivity index (χ1) is 9.81. The van der Waals surface area contributed by atoms with Crippen LogP contribution in [0.2, 0.25) is 5.28 Å². The van der Waals surface area contributed by atoms with Crippen molar-refractivity contribution in [3.63, 3.8) is 0 Å². The Morgan fingerprint density at radius 3 is 2.65 bits per heavy atom. The second kappa shape index (κ2) is 6.91. The minimum atomic E-state index is 0.287. The van der Waals surface area contributed by atoms with E-state index in [2.05, 4.69) is 19.9 Å². The Morgan fingerprint density at radius 2 is 1.90 bits per heavy atom. The number of hydrogen-bond donors (Lipinski definition) is 0. The molecule has 0 amide bonds. The van der Waals surface area contributed by atoms with Gasteiger partial charge in [-0.2, -0.15) is 15.0 Å². The fourth-order valence-electron chi connectivity index (χ4n) is 2.66. The van der Waals surface area contributed by atoms with Crippen LogP contribution in [-0.4, -0.2) is 47.0 Å². The molecule has 1 aromatic rings. The van der Waals surface area contributed by atoms with E-state index in [1.54, 1.807) is 11.8 Å². The van der Waals surface area contributed by atoms with E-state index < -0.39 is 0 Å². The zero-order valence-electron chi connectivity index (χ0n) is 11.4. The van der Waals surface area contributed by atoms with E-state index in [9.17, 15) is 0 Å². The second-order valence-electron chi connectivity index (χ2n) is 5.25. The van der Waals surface area contributed by atoms with Gasteiger partial charge in [-0.15, -0.1) is 0 Å². The molecule has 2 fully saturated rings. The molecule has 7 heteroatoms. The number of rotatable bonds is 4. The first-order valence-corrected chi connectivity index (χ1v) is 8.55. The van der Waals surface area contributed by atoms with Crippen molar-refractivity contribution in [3.8, 4) is 0 Å². The van der Waals surface area contributed by atoms with Crippen molar-refractivity contribution in [2.75, 3.05) is 37.0 Å². The number of hydrogen-bond acceptors (Lipinski definition) is 6. The van der Waals surface area contributed by atoms with Gasteiger partial charge in [-0.3, -0.25) is 0 Å². The Labute approximate surface area is 128 Å². The van der Waals surface area contributed by atoms with Crippen LogP contribution in [0.5, 0.6) is 0 Å². The average Bonchev–Trinajstić information content (AvgIpc) is 2.99. The normalized spacial score (nSPS) is 20.6. The van der Waals surface area contributed by atoms with Gasteiger partial charge in [0.25, 0.3) is 0 Å². The van der Waals surface area contributed by atoms with Crippen LogP contribution in [0.3, 0.4) is 0 Å². The van der Waals surface area contributed by atoms with E-state index in [4.69, 9.17) is 16.3 Å². The van der Waals surface area contributed by atoms with Crippen LogP contribution in [0.25, 0.3) is 0 Å². The van der Waals surface area contributed by atoms with Gasteiger partial charge in [0.1, 0.15) is 0 Å². The van der Waals surface area contributed by atoms with Crippen LogP contribution < -0.4 is 4.90 Å². The summed E-state index contributed by atoms with van der Waals surface area (Å²) in [6.45, 7) is 3.06. The number of nitrogens with zero attached hydrogens (tertiary/aromatic N) is 4. The molecule has 2 aliphatic rings. The molecule has 5 nitrogen and oxygen atoms in total. The number of anilines is 1. The summed E-state index contributed by atoms with van der Waals surface area (Å²) in [5.74, 6) is 2.58. The zero-order chi connectivity index (χ0) is 13.8. The third-order valence-electron chi connectivity index (χ3n) is 3.79. The van der Waals surface area contributed by atoms with Gasteiger partial charge in [0.05, 0.1) is 13.2 Å². The molecule has 2 heterocycles. The quantitative estimate of drug-likeness (QED) is 0.796. The third-order valence-corrected chi connectivity index (χ3v) is 5.04. The molecule has 1 aromatic heterocycles. The number of thioether (sulfide) groups is 1. The van der Waals surface area contributed by atoms with Crippen molar-refractivity contribution in [2.45, 2.75) is 30.8 Å². The highest BCUT2D eigenvalue weighted by molar-refractivity contribution is 7.99. The fourth-order valence-corrected chi connectivity index (χ4v) is 3.88. The number of aromatic nitrogens is 3. The van der Waals surface area contributed by atoms with Gasteiger partial charge < -0.3 is 9.64 Å². The maximum absolute atomic E-state index is 6.03. The van der Waals surface area contributed by atoms with Gasteiger partial charge >= 0.3 is 0 Å². The lowest BCUT2D eigenvalue weighted by atomic mass is 10.1. The summed E-state index contributed by atoms with van der Waals surface area (Å²) in [6, 6.07) is 0. The lowest BCUT2D eigenvalue weighted by Crippen LogP contribution is -2.37. The molecule has 0 bridgehead atoms. The average molecular weight is 315 g/mol. The summed E-state index contributed by atoms with van der Waals surface area (Å²) >= 11 is 7.74. The molecule has 1 aliphatic carbocycles. The molecule has 0 unspecified atom stereocenters. The molecule has 0 radical (unpaired) electrons. The molecule has 1 saturated carbocycles. The van der Waals surface area contributed by atoms with Gasteiger partial charge in [0.15, 0.2) is 5.16 Å². The molecule has 1 saturated heterocycles. The Morgan fingerprint density at radius 1 is 1.15 bits per heavy atom. The van der Waals surface area contributed by atoms with Crippen LogP contribution in [0.4, 0.5) is 5.95 Å². The number of ether oxygens (including phenoxy) is 1. The summed E-state index contributed by atoms with van der Waals surface area (Å²) in [7, 11) is 0. The van der Waals surface area contributed by atoms with E-state index in [0.29, 0.717) is 19.2 Å². The summed E-state index contributed by atoms with van der Waals surface area (Å²) in [6.07, 6.45) is 5.40. The SMILES string of the molecule is Clc1nc(SCC2CCCC2)nc(N2CCOCC2)n1. The molecule has 0 N–H and O–H groups in total. The van der Waals surface area contributed by atoms with Crippen molar-refractivity contribution in [1.29, 1.82) is 0 Å². The number of halogens is 1. The minimum Gasteiger partial charge on any atom is -0.378 e. The lowest BCUT2D eigenvalue weighted by molar-refractivity contribution is 0.122. The second-order valence-corrected chi connectivity index (χ2v) is 6.57. The highest BCUT2D eigenvalue weighted by atomic mass is 35.5. The number of morpholine rings is 1. The summed E-state index contributed by atoms with van der Waals surface area (Å²) in [5.41, 5.74) is 0. The Hall–Kier alpha value is -0.590. The van der Waals surface area contributed by atoms with Crippen molar-refractivity contribution < 1.29 is 4.74 Å². The van der Waals surface area contributed by atoms with Gasteiger partial charge in [0, 0.05) is 18.8 Å². The summed E-state index contributed by atoms with van der Waals surface area (Å²) < 4.78 is 5.35. The predicted molar refractivity (Wildman–Crippen MR) is 80.6 cm³/mol. The molecular weight excluding hydrogens is 296 g/mol. The summed E-state index contributed by atoms with van der Waals surface area (Å²) in [4.78, 5) is 15.1. The topological polar surface area (TPSA) is 51.1 Å². The molecular formula is C13H19ClN4OS. The maximum Gasteiger partial charge on any atom is 0.230 e. The van der Waals surface area contributed by atoms with Gasteiger partial charge in [-0.05, 0) is 30.4 Å². The van der Waals surface area contributed by atoms with E-state index in [0.717, 1.165) is 29.9 Å².